The van der Waals surface area contributed by atoms with Crippen molar-refractivity contribution in [3.05, 3.63) is 40.3 Å². The highest BCUT2D eigenvalue weighted by molar-refractivity contribution is 7.12. The molecular formula is C13H10N4S. The van der Waals surface area contributed by atoms with Crippen LogP contribution in [0.4, 0.5) is 0 Å². The first kappa shape index (κ1) is 11.0. The Kier molecular flexibility index (Phi) is 2.59. The van der Waals surface area contributed by atoms with Gasteiger partial charge in [-0.05, 0) is 6.07 Å². The van der Waals surface area contributed by atoms with Crippen molar-refractivity contribution in [3.63, 3.8) is 0 Å². The van der Waals surface area contributed by atoms with E-state index in [1.807, 2.05) is 30.5 Å². The van der Waals surface area contributed by atoms with Crippen molar-refractivity contribution in [2.75, 3.05) is 0 Å². The van der Waals surface area contributed by atoms with Gasteiger partial charge in [-0.3, -0.25) is 0 Å². The number of hydrogen-bond donors (Lipinski definition) is 2. The van der Waals surface area contributed by atoms with Crippen molar-refractivity contribution in [2.45, 2.75) is 6.54 Å². The topological polar surface area (TPSA) is 78.5 Å². The standard InChI is InChI=1S/C13H10N4S/c14-5-11-13(17-12(6-15)18-11)9-7-16-10-4-2-1-3-8(9)10/h1-4,7,16H,6,15H2. The predicted octanol–water partition coefficient (Wildman–Crippen LogP) is 2.62. The van der Waals surface area contributed by atoms with Crippen LogP contribution in [0.2, 0.25) is 0 Å². The number of thiazole rings is 1. The van der Waals surface area contributed by atoms with Crippen molar-refractivity contribution in [1.29, 1.82) is 5.26 Å². The van der Waals surface area contributed by atoms with Gasteiger partial charge in [-0.2, -0.15) is 5.26 Å². The van der Waals surface area contributed by atoms with Gasteiger partial charge in [-0.1, -0.05) is 18.2 Å². The number of nitrogens with zero attached hydrogens (tertiary/aromatic N) is 2. The van der Waals surface area contributed by atoms with Gasteiger partial charge < -0.3 is 10.7 Å². The SMILES string of the molecule is N#Cc1sc(CN)nc1-c1c[nH]c2ccccc12. The number of aromatic amines is 1. The van der Waals surface area contributed by atoms with Gasteiger partial charge in [0.1, 0.15) is 21.6 Å². The van der Waals surface area contributed by atoms with E-state index in [-0.39, 0.29) is 0 Å². The highest BCUT2D eigenvalue weighted by Crippen LogP contribution is 2.32. The minimum Gasteiger partial charge on any atom is -0.360 e. The fourth-order valence-corrected chi connectivity index (χ4v) is 2.73. The minimum absolute atomic E-state index is 0.363. The van der Waals surface area contributed by atoms with E-state index in [1.165, 1.54) is 11.3 Å². The summed E-state index contributed by atoms with van der Waals surface area (Å²) in [6.45, 7) is 0.363. The lowest BCUT2D eigenvalue weighted by Gasteiger charge is -1.94. The quantitative estimate of drug-likeness (QED) is 0.737. The Morgan fingerprint density at radius 3 is 3.00 bits per heavy atom. The summed E-state index contributed by atoms with van der Waals surface area (Å²) in [6, 6.07) is 10.2. The number of fused-ring (bicyclic) bond motifs is 1. The summed E-state index contributed by atoms with van der Waals surface area (Å²) in [5.74, 6) is 0. The third-order valence-corrected chi connectivity index (χ3v) is 3.77. The summed E-state index contributed by atoms with van der Waals surface area (Å²) >= 11 is 1.36. The smallest absolute Gasteiger partial charge is 0.133 e. The normalized spacial score (nSPS) is 10.7. The molecule has 18 heavy (non-hydrogen) atoms. The molecule has 0 atom stereocenters. The van der Waals surface area contributed by atoms with E-state index < -0.39 is 0 Å². The zero-order valence-electron chi connectivity index (χ0n) is 9.47. The van der Waals surface area contributed by atoms with Crippen molar-refractivity contribution < 1.29 is 0 Å². The second kappa shape index (κ2) is 4.26. The maximum atomic E-state index is 9.17. The Bertz CT molecular complexity index is 748. The van der Waals surface area contributed by atoms with Crippen LogP contribution in [-0.4, -0.2) is 9.97 Å². The molecule has 88 valence electrons. The summed E-state index contributed by atoms with van der Waals surface area (Å²) in [5, 5.41) is 11.0. The number of hydrogen-bond acceptors (Lipinski definition) is 4. The van der Waals surface area contributed by atoms with Crippen molar-refractivity contribution >= 4 is 22.2 Å². The molecule has 0 aliphatic heterocycles. The molecule has 4 nitrogen and oxygen atoms in total. The van der Waals surface area contributed by atoms with E-state index in [4.69, 9.17) is 11.0 Å². The Morgan fingerprint density at radius 2 is 2.22 bits per heavy atom. The van der Waals surface area contributed by atoms with Gasteiger partial charge in [-0.25, -0.2) is 4.98 Å². The van der Waals surface area contributed by atoms with E-state index in [0.29, 0.717) is 11.4 Å². The van der Waals surface area contributed by atoms with Gasteiger partial charge in [0, 0.05) is 29.2 Å². The van der Waals surface area contributed by atoms with Gasteiger partial charge >= 0.3 is 0 Å². The van der Waals surface area contributed by atoms with Crippen molar-refractivity contribution in [3.8, 4) is 17.3 Å². The maximum absolute atomic E-state index is 9.17. The molecule has 0 unspecified atom stereocenters. The number of benzene rings is 1. The summed E-state index contributed by atoms with van der Waals surface area (Å²) in [7, 11) is 0. The van der Waals surface area contributed by atoms with Gasteiger partial charge in [0.05, 0.1) is 0 Å². The number of rotatable bonds is 2. The molecule has 0 saturated carbocycles. The van der Waals surface area contributed by atoms with Crippen LogP contribution in [0.5, 0.6) is 0 Å². The third kappa shape index (κ3) is 1.59. The van der Waals surface area contributed by atoms with Gasteiger partial charge in [0.2, 0.25) is 0 Å². The fraction of sp³-hybridized carbons (Fsp3) is 0.0769. The lowest BCUT2D eigenvalue weighted by molar-refractivity contribution is 1.04. The fourth-order valence-electron chi connectivity index (χ4n) is 1.98. The number of H-pyrrole nitrogens is 1. The van der Waals surface area contributed by atoms with Crippen LogP contribution in [0.3, 0.4) is 0 Å². The molecule has 0 aliphatic carbocycles. The van der Waals surface area contributed by atoms with Crippen molar-refractivity contribution in [1.82, 2.24) is 9.97 Å². The van der Waals surface area contributed by atoms with E-state index >= 15 is 0 Å². The van der Waals surface area contributed by atoms with Crippen LogP contribution in [0.1, 0.15) is 9.88 Å². The molecule has 2 aromatic heterocycles. The van der Waals surface area contributed by atoms with Crippen LogP contribution in [0.25, 0.3) is 22.2 Å². The number of para-hydroxylation sites is 1. The largest absolute Gasteiger partial charge is 0.360 e. The highest BCUT2D eigenvalue weighted by atomic mass is 32.1. The maximum Gasteiger partial charge on any atom is 0.133 e. The van der Waals surface area contributed by atoms with Crippen LogP contribution >= 0.6 is 11.3 Å². The molecular weight excluding hydrogens is 244 g/mol. The second-order valence-corrected chi connectivity index (χ2v) is 4.93. The summed E-state index contributed by atoms with van der Waals surface area (Å²) in [6.07, 6.45) is 1.89. The lowest BCUT2D eigenvalue weighted by atomic mass is 10.1. The van der Waals surface area contributed by atoms with Crippen LogP contribution in [0.15, 0.2) is 30.5 Å². The van der Waals surface area contributed by atoms with E-state index in [9.17, 15) is 0 Å². The first-order valence-electron chi connectivity index (χ1n) is 5.50. The van der Waals surface area contributed by atoms with E-state index in [2.05, 4.69) is 16.0 Å². The Labute approximate surface area is 108 Å². The zero-order chi connectivity index (χ0) is 12.5. The van der Waals surface area contributed by atoms with Gasteiger partial charge in [0.15, 0.2) is 0 Å². The van der Waals surface area contributed by atoms with Crippen LogP contribution in [0, 0.1) is 11.3 Å². The lowest BCUT2D eigenvalue weighted by Crippen LogP contribution is -1.94. The molecule has 3 rings (SSSR count). The zero-order valence-corrected chi connectivity index (χ0v) is 10.3. The summed E-state index contributed by atoms with van der Waals surface area (Å²) in [4.78, 5) is 8.24. The Balaban J connectivity index is 2.26. The van der Waals surface area contributed by atoms with Crippen molar-refractivity contribution in [2.24, 2.45) is 5.73 Å². The van der Waals surface area contributed by atoms with E-state index in [0.717, 1.165) is 27.2 Å². The monoisotopic (exact) mass is 254 g/mol. The average Bonchev–Trinajstić information content (AvgIpc) is 3.01. The molecule has 3 N–H and O–H groups in total. The number of nitrogens with one attached hydrogen (secondary N) is 1. The molecule has 5 heteroatoms. The number of nitriles is 1. The predicted molar refractivity (Wildman–Crippen MR) is 72.0 cm³/mol. The molecule has 0 bridgehead atoms. The minimum atomic E-state index is 0.363. The molecule has 0 fully saturated rings. The summed E-state index contributed by atoms with van der Waals surface area (Å²) < 4.78 is 0. The van der Waals surface area contributed by atoms with Gasteiger partial charge in [-0.15, -0.1) is 11.3 Å². The molecule has 0 aliphatic rings. The van der Waals surface area contributed by atoms with Crippen LogP contribution < -0.4 is 5.73 Å². The van der Waals surface area contributed by atoms with Crippen LogP contribution in [-0.2, 0) is 6.54 Å². The molecule has 0 amide bonds. The first-order chi connectivity index (χ1) is 8.83. The third-order valence-electron chi connectivity index (χ3n) is 2.79. The molecule has 3 aromatic rings. The second-order valence-electron chi connectivity index (χ2n) is 3.85. The van der Waals surface area contributed by atoms with E-state index in [1.54, 1.807) is 0 Å². The first-order valence-corrected chi connectivity index (χ1v) is 6.31. The Hall–Kier alpha value is -2.16. The molecule has 0 radical (unpaired) electrons. The molecule has 0 saturated heterocycles. The highest BCUT2D eigenvalue weighted by Gasteiger charge is 2.15. The summed E-state index contributed by atoms with van der Waals surface area (Å²) in [5.41, 5.74) is 8.30. The number of aromatic nitrogens is 2. The molecule has 0 spiro atoms. The number of nitrogens with two attached hydrogens (primary N) is 1. The Morgan fingerprint density at radius 1 is 1.39 bits per heavy atom. The molecule has 2 heterocycles. The average molecular weight is 254 g/mol. The van der Waals surface area contributed by atoms with Gasteiger partial charge in [0.25, 0.3) is 0 Å². The molecule has 1 aromatic carbocycles.